The zero-order valence-corrected chi connectivity index (χ0v) is 20.5. The molecule has 0 aliphatic rings. The van der Waals surface area contributed by atoms with Crippen molar-refractivity contribution in [1.82, 2.24) is 24.5 Å². The largest absolute Gasteiger partial charge is 0.494 e. The Morgan fingerprint density at radius 3 is 2.49 bits per heavy atom. The van der Waals surface area contributed by atoms with Crippen LogP contribution < -0.4 is 15.6 Å². The Balaban J connectivity index is 1.73. The fraction of sp³-hybridized carbons (Fsp3) is 0.143. The summed E-state index contributed by atoms with van der Waals surface area (Å²) in [5, 5.41) is 4.57. The van der Waals surface area contributed by atoms with E-state index in [2.05, 4.69) is 30.1 Å². The first-order chi connectivity index (χ1) is 18.0. The number of anilines is 1. The van der Waals surface area contributed by atoms with Crippen LogP contribution in [-0.4, -0.2) is 31.6 Å². The maximum absolute atomic E-state index is 14.2. The Labute approximate surface area is 213 Å². The van der Waals surface area contributed by atoms with Crippen molar-refractivity contribution >= 4 is 22.3 Å². The lowest BCUT2D eigenvalue weighted by Crippen LogP contribution is -2.26. The first-order valence-corrected chi connectivity index (χ1v) is 11.6. The van der Waals surface area contributed by atoms with Crippen LogP contribution in [0.3, 0.4) is 0 Å². The van der Waals surface area contributed by atoms with Crippen molar-refractivity contribution in [2.24, 2.45) is 0 Å². The zero-order valence-electron chi connectivity index (χ0n) is 20.5. The number of nitrogens with one attached hydrogen (secondary N) is 1. The van der Waals surface area contributed by atoms with Crippen molar-refractivity contribution in [3.63, 3.8) is 0 Å². The van der Waals surface area contributed by atoms with Gasteiger partial charge in [-0.25, -0.2) is 19.8 Å². The predicted molar refractivity (Wildman–Crippen MR) is 142 cm³/mol. The van der Waals surface area contributed by atoms with E-state index in [1.165, 1.54) is 6.20 Å². The lowest BCUT2D eigenvalue weighted by Gasteiger charge is -2.22. The fourth-order valence-corrected chi connectivity index (χ4v) is 4.22. The van der Waals surface area contributed by atoms with Crippen molar-refractivity contribution in [3.8, 4) is 22.8 Å². The number of hydrogen-bond donors (Lipinski definition) is 1. The molecule has 0 aliphatic heterocycles. The second kappa shape index (κ2) is 9.87. The van der Waals surface area contributed by atoms with Crippen LogP contribution in [0.1, 0.15) is 24.5 Å². The van der Waals surface area contributed by atoms with Gasteiger partial charge in [0.15, 0.2) is 11.6 Å². The summed E-state index contributed by atoms with van der Waals surface area (Å²) in [6, 6.07) is 16.7. The fourth-order valence-electron chi connectivity index (χ4n) is 4.22. The molecule has 182 valence electrons. The second-order valence-corrected chi connectivity index (χ2v) is 8.39. The molecule has 0 saturated carbocycles. The number of pyridine rings is 1. The van der Waals surface area contributed by atoms with E-state index in [-0.39, 0.29) is 11.6 Å². The molecular formula is C28H23N7O2. The van der Waals surface area contributed by atoms with Gasteiger partial charge in [-0.15, -0.1) is 0 Å². The summed E-state index contributed by atoms with van der Waals surface area (Å²) in [4.78, 5) is 35.1. The first-order valence-electron chi connectivity index (χ1n) is 11.6. The number of aryl methyl sites for hydroxylation is 1. The molecule has 0 spiro atoms. The zero-order chi connectivity index (χ0) is 25.9. The van der Waals surface area contributed by atoms with Gasteiger partial charge in [-0.05, 0) is 37.4 Å². The Morgan fingerprint density at radius 2 is 1.78 bits per heavy atom. The van der Waals surface area contributed by atoms with Crippen LogP contribution in [-0.2, 0) is 0 Å². The molecule has 0 saturated heterocycles. The van der Waals surface area contributed by atoms with Crippen molar-refractivity contribution in [1.29, 1.82) is 0 Å². The number of aromatic nitrogens is 5. The molecule has 0 amide bonds. The number of fused-ring (bicyclic) bond motifs is 1. The molecule has 5 rings (SSSR count). The van der Waals surface area contributed by atoms with Gasteiger partial charge in [0.2, 0.25) is 5.69 Å². The van der Waals surface area contributed by atoms with E-state index in [1.807, 2.05) is 61.5 Å². The van der Waals surface area contributed by atoms with Crippen molar-refractivity contribution < 1.29 is 4.74 Å². The van der Waals surface area contributed by atoms with Gasteiger partial charge in [0.25, 0.3) is 5.56 Å². The van der Waals surface area contributed by atoms with Crippen molar-refractivity contribution in [2.45, 2.75) is 19.9 Å². The minimum absolute atomic E-state index is 0.202. The summed E-state index contributed by atoms with van der Waals surface area (Å²) < 4.78 is 6.86. The van der Waals surface area contributed by atoms with Crippen LogP contribution in [0.25, 0.3) is 32.7 Å². The molecule has 0 radical (unpaired) electrons. The van der Waals surface area contributed by atoms with E-state index in [1.54, 1.807) is 31.0 Å². The lowest BCUT2D eigenvalue weighted by molar-refractivity contribution is 0.411. The van der Waals surface area contributed by atoms with Gasteiger partial charge in [0.1, 0.15) is 11.6 Å². The van der Waals surface area contributed by atoms with E-state index in [9.17, 15) is 4.79 Å². The number of ether oxygens (including phenoxy) is 1. The number of benzene rings is 2. The highest BCUT2D eigenvalue weighted by Crippen LogP contribution is 2.30. The molecule has 1 atom stereocenters. The van der Waals surface area contributed by atoms with E-state index in [0.29, 0.717) is 51.2 Å². The molecule has 3 heterocycles. The number of para-hydroxylation sites is 1. The van der Waals surface area contributed by atoms with E-state index < -0.39 is 0 Å². The standard InChI is InChI=1S/C28H23N7O2/c1-17(33-27-23(29-3)16-30-18(2)34-27)24-13-19-9-8-12-22(26-31-14-21(37-4)15-32-26)25(19)28(36)35(24)20-10-6-5-7-11-20/h5-17H,1-2,4H3,(H,30,33,34)/t17-/m0/s1. The molecule has 0 aliphatic carbocycles. The predicted octanol–water partition coefficient (Wildman–Crippen LogP) is 5.28. The average molecular weight is 490 g/mol. The lowest BCUT2D eigenvalue weighted by atomic mass is 10.0. The number of rotatable bonds is 6. The van der Waals surface area contributed by atoms with E-state index in [4.69, 9.17) is 11.3 Å². The average Bonchev–Trinajstić information content (AvgIpc) is 2.93. The number of methoxy groups -OCH3 is 1. The molecule has 5 aromatic rings. The Bertz CT molecular complexity index is 1690. The molecule has 1 N–H and O–H groups in total. The van der Waals surface area contributed by atoms with Gasteiger partial charge in [-0.2, -0.15) is 0 Å². The van der Waals surface area contributed by atoms with Crippen LogP contribution >= 0.6 is 0 Å². The van der Waals surface area contributed by atoms with Gasteiger partial charge >= 0.3 is 0 Å². The summed E-state index contributed by atoms with van der Waals surface area (Å²) in [5.74, 6) is 1.93. The van der Waals surface area contributed by atoms with Gasteiger partial charge in [0, 0.05) is 23.1 Å². The summed E-state index contributed by atoms with van der Waals surface area (Å²) >= 11 is 0. The molecule has 37 heavy (non-hydrogen) atoms. The SMILES string of the molecule is [C-]#[N+]c1cnc(C)nc1N[C@@H](C)c1cc2cccc(-c3ncc(OC)cn3)c2c(=O)n1-c1ccccc1. The minimum atomic E-state index is -0.368. The monoisotopic (exact) mass is 489 g/mol. The molecule has 0 unspecified atom stereocenters. The highest BCUT2D eigenvalue weighted by molar-refractivity contribution is 5.95. The van der Waals surface area contributed by atoms with E-state index >= 15 is 0 Å². The van der Waals surface area contributed by atoms with Crippen LogP contribution in [0.15, 0.2) is 78.0 Å². The smallest absolute Gasteiger partial charge is 0.264 e. The van der Waals surface area contributed by atoms with Crippen LogP contribution in [0, 0.1) is 13.5 Å². The highest BCUT2D eigenvalue weighted by Gasteiger charge is 2.20. The summed E-state index contributed by atoms with van der Waals surface area (Å²) in [6.07, 6.45) is 4.65. The molecule has 9 nitrogen and oxygen atoms in total. The quantitative estimate of drug-likeness (QED) is 0.324. The van der Waals surface area contributed by atoms with Crippen LogP contribution in [0.5, 0.6) is 5.75 Å². The Morgan fingerprint density at radius 1 is 1.03 bits per heavy atom. The van der Waals surface area contributed by atoms with Gasteiger partial charge in [-0.1, -0.05) is 36.4 Å². The minimum Gasteiger partial charge on any atom is -0.494 e. The van der Waals surface area contributed by atoms with Gasteiger partial charge in [-0.3, -0.25) is 14.3 Å². The first kappa shape index (κ1) is 23.6. The number of hydrogen-bond acceptors (Lipinski definition) is 7. The van der Waals surface area contributed by atoms with Gasteiger partial charge in [0.05, 0.1) is 37.5 Å². The topological polar surface area (TPSA) is 99.2 Å². The number of nitrogens with zero attached hydrogens (tertiary/aromatic N) is 6. The van der Waals surface area contributed by atoms with E-state index in [0.717, 1.165) is 5.39 Å². The Hall–Kier alpha value is -5.10. The van der Waals surface area contributed by atoms with Crippen LogP contribution in [0.2, 0.25) is 0 Å². The maximum Gasteiger partial charge on any atom is 0.264 e. The second-order valence-electron chi connectivity index (χ2n) is 8.39. The maximum atomic E-state index is 14.2. The Kier molecular flexibility index (Phi) is 6.31. The summed E-state index contributed by atoms with van der Waals surface area (Å²) in [6.45, 7) is 11.2. The van der Waals surface area contributed by atoms with Crippen molar-refractivity contribution in [3.05, 3.63) is 106 Å². The molecule has 9 heteroatoms. The molecule has 3 aromatic heterocycles. The third kappa shape index (κ3) is 4.48. The molecule has 0 fully saturated rings. The summed E-state index contributed by atoms with van der Waals surface area (Å²) in [7, 11) is 1.55. The molecule has 0 bridgehead atoms. The van der Waals surface area contributed by atoms with Crippen LogP contribution in [0.4, 0.5) is 11.5 Å². The van der Waals surface area contributed by atoms with Crippen molar-refractivity contribution in [2.75, 3.05) is 12.4 Å². The summed E-state index contributed by atoms with van der Waals surface area (Å²) in [5.41, 5.74) is 2.16. The van der Waals surface area contributed by atoms with Gasteiger partial charge < -0.3 is 10.1 Å². The normalized spacial score (nSPS) is 11.6. The third-order valence-electron chi connectivity index (χ3n) is 6.00. The molecular weight excluding hydrogens is 466 g/mol. The third-order valence-corrected chi connectivity index (χ3v) is 6.00. The highest BCUT2D eigenvalue weighted by atomic mass is 16.5. The molecule has 2 aromatic carbocycles.